The monoisotopic (exact) mass is 758 g/mol. The van der Waals surface area contributed by atoms with E-state index in [1.807, 2.05) is 5.32 Å². The van der Waals surface area contributed by atoms with Crippen molar-refractivity contribution in [2.75, 3.05) is 46.1 Å². The van der Waals surface area contributed by atoms with Gasteiger partial charge in [-0.25, -0.2) is 24.0 Å². The fourth-order valence-electron chi connectivity index (χ4n) is 3.82. The molecule has 23 heteroatoms. The molecule has 0 aliphatic rings. The van der Waals surface area contributed by atoms with Crippen LogP contribution in [0.4, 0.5) is 9.59 Å². The van der Waals surface area contributed by atoms with Crippen LogP contribution in [0.5, 0.6) is 0 Å². The van der Waals surface area contributed by atoms with Crippen molar-refractivity contribution in [3.8, 4) is 0 Å². The number of hydrogen-bond donors (Lipinski definition) is 10. The van der Waals surface area contributed by atoms with E-state index < -0.39 is 84.9 Å². The highest BCUT2D eigenvalue weighted by Gasteiger charge is 2.28. The van der Waals surface area contributed by atoms with Gasteiger partial charge in [0.2, 0.25) is 17.7 Å². The second-order valence-electron chi connectivity index (χ2n) is 10.5. The molecule has 0 aromatic heterocycles. The van der Waals surface area contributed by atoms with E-state index in [1.165, 1.54) is 0 Å². The van der Waals surface area contributed by atoms with E-state index in [0.29, 0.717) is 0 Å². The number of carboxylic acid groups (broad SMARTS) is 2. The molecule has 5 amide bonds. The first kappa shape index (κ1) is 46.6. The van der Waals surface area contributed by atoms with Gasteiger partial charge in [0, 0.05) is 25.2 Å². The third-order valence-corrected chi connectivity index (χ3v) is 6.31. The molecule has 0 unspecified atom stereocenters. The Labute approximate surface area is 303 Å². The third kappa shape index (κ3) is 24.4. The first-order valence-electron chi connectivity index (χ1n) is 15.9. The number of esters is 2. The predicted octanol–water partition coefficient (Wildman–Crippen LogP) is -2.66. The molecular weight excluding hydrogens is 712 g/mol. The standard InChI is InChI=1S/C30H46N8O15/c1-3-23(42)50-12-14-52-29(48)34-10-6-5-8-19(38-30(49)53-15-13-51-24(43)4-2)26(45)37-18(9-7-11-33-28(31)32)25(44)35-17-21(39)36-20(27(46)47)16-22(40)41/h3-4,18-20H,1-2,5-17H2,(H,34,48)(H,35,44)(H,36,39)(H,37,45)(H,38,49)(H,40,41)(H,46,47)(H4,31,32,33)/t18-,19-,20-/m0/s1. The van der Waals surface area contributed by atoms with Crippen LogP contribution in [0.25, 0.3) is 0 Å². The van der Waals surface area contributed by atoms with Gasteiger partial charge in [-0.3, -0.25) is 24.6 Å². The molecule has 0 fully saturated rings. The van der Waals surface area contributed by atoms with E-state index in [2.05, 4.69) is 44.5 Å². The lowest BCUT2D eigenvalue weighted by molar-refractivity contribution is -0.147. The molecule has 0 aromatic carbocycles. The van der Waals surface area contributed by atoms with Crippen molar-refractivity contribution < 1.29 is 72.3 Å². The third-order valence-electron chi connectivity index (χ3n) is 6.31. The van der Waals surface area contributed by atoms with Gasteiger partial charge in [-0.05, 0) is 32.1 Å². The van der Waals surface area contributed by atoms with Crippen LogP contribution in [-0.2, 0) is 52.5 Å². The lowest BCUT2D eigenvalue weighted by Gasteiger charge is -2.23. The lowest BCUT2D eigenvalue weighted by Crippen LogP contribution is -2.55. The Hall–Kier alpha value is -6.42. The van der Waals surface area contributed by atoms with Crippen LogP contribution in [0, 0.1) is 5.41 Å². The zero-order valence-corrected chi connectivity index (χ0v) is 28.8. The number of amides is 5. The highest BCUT2D eigenvalue weighted by Crippen LogP contribution is 2.05. The summed E-state index contributed by atoms with van der Waals surface area (Å²) < 4.78 is 19.2. The number of carboxylic acids is 2. The fraction of sp³-hybridized carbons (Fsp3) is 0.533. The van der Waals surface area contributed by atoms with Gasteiger partial charge in [-0.2, -0.15) is 0 Å². The number of unbranched alkanes of at least 4 members (excludes halogenated alkanes) is 1. The molecule has 53 heavy (non-hydrogen) atoms. The van der Waals surface area contributed by atoms with Crippen molar-refractivity contribution in [1.29, 1.82) is 5.41 Å². The number of aliphatic carboxylic acids is 2. The van der Waals surface area contributed by atoms with Crippen molar-refractivity contribution >= 4 is 59.7 Å². The highest BCUT2D eigenvalue weighted by atomic mass is 16.6. The Morgan fingerprint density at radius 1 is 0.642 bits per heavy atom. The number of guanidine groups is 1. The molecule has 0 bridgehead atoms. The normalized spacial score (nSPS) is 11.8. The van der Waals surface area contributed by atoms with Crippen molar-refractivity contribution in [3.63, 3.8) is 0 Å². The second kappa shape index (κ2) is 27.3. The minimum Gasteiger partial charge on any atom is -0.481 e. The van der Waals surface area contributed by atoms with Gasteiger partial charge < -0.3 is 66.8 Å². The number of hydrogen-bond acceptors (Lipinski definition) is 14. The molecule has 23 nitrogen and oxygen atoms in total. The van der Waals surface area contributed by atoms with Crippen molar-refractivity contribution in [2.45, 2.75) is 56.7 Å². The van der Waals surface area contributed by atoms with Crippen LogP contribution in [0.15, 0.2) is 25.3 Å². The average Bonchev–Trinajstić information content (AvgIpc) is 3.10. The minimum absolute atomic E-state index is 0.0522. The van der Waals surface area contributed by atoms with E-state index in [1.54, 1.807) is 0 Å². The SMILES string of the molecule is C=CC(=O)OCCOC(=O)NCCCC[C@H](NC(=O)OCCOC(=O)C=C)C(=O)N[C@@H](CCCNC(=N)N)C(=O)NCC(=O)N[C@@H](CC(=O)O)C(=O)O. The fourth-order valence-corrected chi connectivity index (χ4v) is 3.82. The van der Waals surface area contributed by atoms with E-state index in [0.717, 1.165) is 12.2 Å². The maximum atomic E-state index is 13.4. The molecule has 0 saturated heterocycles. The summed E-state index contributed by atoms with van der Waals surface area (Å²) in [4.78, 5) is 107. The average molecular weight is 759 g/mol. The van der Waals surface area contributed by atoms with Gasteiger partial charge in [0.05, 0.1) is 13.0 Å². The van der Waals surface area contributed by atoms with Crippen molar-refractivity contribution in [1.82, 2.24) is 31.9 Å². The Bertz CT molecular complexity index is 1330. The quantitative estimate of drug-likeness (QED) is 0.0102. The summed E-state index contributed by atoms with van der Waals surface area (Å²) in [6, 6.07) is -4.45. The van der Waals surface area contributed by atoms with E-state index in [9.17, 15) is 43.2 Å². The van der Waals surface area contributed by atoms with Crippen LogP contribution in [0.1, 0.15) is 38.5 Å². The number of carbonyl (C=O) groups excluding carboxylic acids is 7. The Morgan fingerprint density at radius 3 is 1.72 bits per heavy atom. The molecule has 0 spiro atoms. The van der Waals surface area contributed by atoms with Gasteiger partial charge in [-0.15, -0.1) is 0 Å². The molecule has 0 radical (unpaired) electrons. The van der Waals surface area contributed by atoms with Gasteiger partial charge in [0.25, 0.3) is 0 Å². The minimum atomic E-state index is -1.78. The van der Waals surface area contributed by atoms with Gasteiger partial charge in [0.15, 0.2) is 5.96 Å². The second-order valence-corrected chi connectivity index (χ2v) is 10.5. The van der Waals surface area contributed by atoms with E-state index >= 15 is 0 Å². The number of alkyl carbamates (subject to hydrolysis) is 2. The van der Waals surface area contributed by atoms with E-state index in [-0.39, 0.29) is 77.6 Å². The Balaban J connectivity index is 5.55. The maximum Gasteiger partial charge on any atom is 0.407 e. The topological polar surface area (TPSA) is 353 Å². The van der Waals surface area contributed by atoms with Crippen LogP contribution < -0.4 is 37.6 Å². The molecule has 0 aliphatic heterocycles. The molecule has 3 atom stereocenters. The van der Waals surface area contributed by atoms with Gasteiger partial charge >= 0.3 is 36.1 Å². The smallest absolute Gasteiger partial charge is 0.407 e. The van der Waals surface area contributed by atoms with E-state index in [4.69, 9.17) is 35.6 Å². The molecule has 0 rings (SSSR count). The number of rotatable bonds is 27. The van der Waals surface area contributed by atoms with Crippen LogP contribution >= 0.6 is 0 Å². The highest BCUT2D eigenvalue weighted by molar-refractivity contribution is 5.94. The summed E-state index contributed by atoms with van der Waals surface area (Å²) in [5, 5.41) is 39.2. The Kier molecular flexibility index (Phi) is 24.0. The van der Waals surface area contributed by atoms with Crippen LogP contribution in [0.2, 0.25) is 0 Å². The summed E-state index contributed by atoms with van der Waals surface area (Å²) in [6.07, 6.45) is -0.468. The first-order valence-corrected chi connectivity index (χ1v) is 15.9. The maximum absolute atomic E-state index is 13.4. The van der Waals surface area contributed by atoms with Crippen molar-refractivity contribution in [3.05, 3.63) is 25.3 Å². The molecule has 0 aromatic rings. The zero-order valence-electron chi connectivity index (χ0n) is 28.8. The number of carbonyl (C=O) groups is 9. The number of nitrogens with one attached hydrogen (secondary N) is 7. The Morgan fingerprint density at radius 2 is 1.17 bits per heavy atom. The lowest BCUT2D eigenvalue weighted by atomic mass is 10.1. The largest absolute Gasteiger partial charge is 0.481 e. The molecule has 0 heterocycles. The summed E-state index contributed by atoms with van der Waals surface area (Å²) in [5.41, 5.74) is 5.27. The summed E-state index contributed by atoms with van der Waals surface area (Å²) in [6.45, 7) is 4.73. The number of ether oxygens (including phenoxy) is 4. The molecular formula is C30H46N8O15. The van der Waals surface area contributed by atoms with Gasteiger partial charge in [-0.1, -0.05) is 13.2 Å². The first-order chi connectivity index (χ1) is 25.1. The summed E-state index contributed by atoms with van der Waals surface area (Å²) in [5.74, 6) is -7.75. The molecule has 0 saturated carbocycles. The molecule has 296 valence electrons. The summed E-state index contributed by atoms with van der Waals surface area (Å²) >= 11 is 0. The molecule has 11 N–H and O–H groups in total. The zero-order chi connectivity index (χ0) is 40.2. The van der Waals surface area contributed by atoms with Crippen molar-refractivity contribution in [2.24, 2.45) is 5.73 Å². The number of nitrogens with two attached hydrogens (primary N) is 1. The summed E-state index contributed by atoms with van der Waals surface area (Å²) in [7, 11) is 0. The van der Waals surface area contributed by atoms with Crippen LogP contribution in [0.3, 0.4) is 0 Å². The molecule has 0 aliphatic carbocycles. The van der Waals surface area contributed by atoms with Gasteiger partial charge in [0.1, 0.15) is 44.6 Å². The van der Waals surface area contributed by atoms with Crippen LogP contribution in [-0.4, -0.2) is 134 Å². The predicted molar refractivity (Wildman–Crippen MR) is 180 cm³/mol.